The number of aryl methyl sites for hydroxylation is 1. The highest BCUT2D eigenvalue weighted by atomic mass is 16.5. The number of nitrogens with two attached hydrogens (primary N) is 1. The molecule has 1 aromatic carbocycles. The minimum absolute atomic E-state index is 0.157. The lowest BCUT2D eigenvalue weighted by Crippen LogP contribution is -2.63. The number of likely N-dealkylation sites (N-methyl/N-ethyl adjacent to an activating group) is 1. The molecule has 1 aliphatic heterocycles. The molecule has 29 heteroatoms. The number of aliphatic hydroxyl groups excluding tert-OH is 2. The van der Waals surface area contributed by atoms with Crippen LogP contribution in [-0.2, 0) is 73.5 Å². The van der Waals surface area contributed by atoms with E-state index in [-0.39, 0.29) is 31.7 Å². The summed E-state index contributed by atoms with van der Waals surface area (Å²) in [6.45, 7) is 16.4. The van der Waals surface area contributed by atoms with E-state index < -0.39 is 199 Å². The molecule has 1 spiro atoms. The topological polar surface area (TPSA) is 442 Å². The molecule has 29 nitrogen and oxygen atoms in total. The smallest absolute Gasteiger partial charge is 0.329 e. The summed E-state index contributed by atoms with van der Waals surface area (Å²) < 4.78 is 5.78. The lowest BCUT2D eigenvalue weighted by Gasteiger charge is -2.31. The van der Waals surface area contributed by atoms with Crippen molar-refractivity contribution in [1.82, 2.24) is 63.8 Å². The molecule has 12 amide bonds. The van der Waals surface area contributed by atoms with Crippen LogP contribution in [0.3, 0.4) is 0 Å². The Hall–Kier alpha value is -7.79. The maximum absolute atomic E-state index is 14.5. The van der Waals surface area contributed by atoms with Crippen LogP contribution in [0, 0.1) is 29.6 Å². The number of unbranched alkanes of at least 4 members (excludes halogenated alkanes) is 1. The summed E-state index contributed by atoms with van der Waals surface area (Å²) in [6.07, 6.45) is 2.24. The van der Waals surface area contributed by atoms with Crippen LogP contribution in [-0.4, -0.2) is 186 Å². The zero-order valence-corrected chi connectivity index (χ0v) is 56.1. The average molecular weight is 1310 g/mol. The normalized spacial score (nSPS) is 22.6. The van der Waals surface area contributed by atoms with Gasteiger partial charge in [-0.3, -0.25) is 57.5 Å². The van der Waals surface area contributed by atoms with Crippen LogP contribution in [0.25, 0.3) is 0 Å². The van der Waals surface area contributed by atoms with Gasteiger partial charge in [0.05, 0.1) is 19.3 Å². The number of rotatable bonds is 37. The fourth-order valence-electron chi connectivity index (χ4n) is 10.5. The van der Waals surface area contributed by atoms with Gasteiger partial charge in [-0.05, 0) is 94.6 Å². The molecule has 93 heavy (non-hydrogen) atoms. The van der Waals surface area contributed by atoms with Crippen molar-refractivity contribution in [3.05, 3.63) is 35.9 Å². The fourth-order valence-corrected chi connectivity index (χ4v) is 10.5. The van der Waals surface area contributed by atoms with Crippen molar-refractivity contribution in [2.45, 2.75) is 232 Å². The number of amides is 12. The van der Waals surface area contributed by atoms with Crippen molar-refractivity contribution >= 4 is 76.9 Å². The molecular weight excluding hydrogens is 1210 g/mol. The zero-order chi connectivity index (χ0) is 69.9. The molecule has 1 aliphatic carbocycles. The van der Waals surface area contributed by atoms with E-state index in [9.17, 15) is 72.5 Å². The Balaban J connectivity index is 1.84. The van der Waals surface area contributed by atoms with Gasteiger partial charge in [0.25, 0.3) is 0 Å². The number of hydrogen-bond acceptors (Lipinski definition) is 17. The molecule has 0 radical (unpaired) electrons. The highest BCUT2D eigenvalue weighted by Crippen LogP contribution is 2.46. The predicted octanol–water partition coefficient (Wildman–Crippen LogP) is -1.46. The van der Waals surface area contributed by atoms with E-state index in [1.54, 1.807) is 62.4 Å². The first-order valence-corrected chi connectivity index (χ1v) is 32.8. The molecule has 1 saturated heterocycles. The van der Waals surface area contributed by atoms with Gasteiger partial charge in [-0.15, -0.1) is 0 Å². The minimum atomic E-state index is -1.83. The molecule has 2 aliphatic rings. The first-order valence-electron chi connectivity index (χ1n) is 32.8. The molecule has 1 heterocycles. The van der Waals surface area contributed by atoms with E-state index in [0.717, 1.165) is 12.0 Å². The second-order valence-electron chi connectivity index (χ2n) is 24.8. The van der Waals surface area contributed by atoms with Crippen LogP contribution in [0.5, 0.6) is 0 Å². The first kappa shape index (κ1) is 79.4. The number of aliphatic hydroxyl groups is 2. The van der Waals surface area contributed by atoms with Gasteiger partial charge in [0.15, 0.2) is 0 Å². The Morgan fingerprint density at radius 1 is 0.634 bits per heavy atom. The molecular formula is C64H105N13O16. The summed E-state index contributed by atoms with van der Waals surface area (Å²) in [6, 6.07) is -4.79. The van der Waals surface area contributed by atoms with Crippen LogP contribution in [0.4, 0.5) is 0 Å². The molecule has 1 saturated carbocycles. The quantitative estimate of drug-likeness (QED) is 0.0339. The molecule has 522 valence electrons. The fraction of sp³-hybridized carbons (Fsp3) is 0.703. The molecule has 0 aromatic heterocycles. The number of carbonyl (C=O) groups is 13. The van der Waals surface area contributed by atoms with Gasteiger partial charge in [0.1, 0.15) is 66.0 Å². The number of nitrogens with one attached hydrogen (secondary N) is 12. The molecule has 3 rings (SSSR count). The highest BCUT2D eigenvalue weighted by Gasteiger charge is 2.61. The molecule has 16 N–H and O–H groups in total. The largest absolute Gasteiger partial charge is 0.458 e. The summed E-state index contributed by atoms with van der Waals surface area (Å²) in [7, 11) is 1.61. The maximum Gasteiger partial charge on any atom is 0.329 e. The second-order valence-corrected chi connectivity index (χ2v) is 24.8. The van der Waals surface area contributed by atoms with E-state index in [0.29, 0.717) is 44.9 Å². The number of hydrogen-bond donors (Lipinski definition) is 15. The summed E-state index contributed by atoms with van der Waals surface area (Å²) in [5, 5.41) is 52.7. The van der Waals surface area contributed by atoms with Crippen LogP contribution in [0.1, 0.15) is 159 Å². The van der Waals surface area contributed by atoms with Gasteiger partial charge in [0, 0.05) is 19.4 Å². The second kappa shape index (κ2) is 39.0. The van der Waals surface area contributed by atoms with Gasteiger partial charge in [-0.2, -0.15) is 0 Å². The number of cyclic esters (lactones) is 1. The van der Waals surface area contributed by atoms with Crippen molar-refractivity contribution in [2.75, 3.05) is 26.8 Å². The number of primary amides is 1. The predicted molar refractivity (Wildman–Crippen MR) is 343 cm³/mol. The maximum atomic E-state index is 14.5. The third kappa shape index (κ3) is 23.9. The van der Waals surface area contributed by atoms with Crippen LogP contribution in [0.15, 0.2) is 30.3 Å². The average Bonchev–Trinajstić information content (AvgIpc) is 1.59. The van der Waals surface area contributed by atoms with E-state index in [1.165, 1.54) is 13.8 Å². The lowest BCUT2D eigenvalue weighted by atomic mass is 9.94. The van der Waals surface area contributed by atoms with Gasteiger partial charge in [-0.25, -0.2) is 4.79 Å². The number of ether oxygens (including phenoxy) is 1. The Kier molecular flexibility index (Phi) is 33.4. The van der Waals surface area contributed by atoms with E-state index in [4.69, 9.17) is 10.5 Å². The van der Waals surface area contributed by atoms with Crippen molar-refractivity contribution in [1.29, 1.82) is 0 Å². The Labute approximate surface area is 545 Å². The number of carbonyl (C=O) groups excluding carboxylic acids is 13. The van der Waals surface area contributed by atoms with Crippen molar-refractivity contribution in [3.63, 3.8) is 0 Å². The van der Waals surface area contributed by atoms with Gasteiger partial charge in [-0.1, -0.05) is 125 Å². The monoisotopic (exact) mass is 1310 g/mol. The highest BCUT2D eigenvalue weighted by molar-refractivity contribution is 6.01. The Morgan fingerprint density at radius 3 is 1.65 bits per heavy atom. The molecule has 17 atom stereocenters. The minimum Gasteiger partial charge on any atom is -0.458 e. The third-order valence-electron chi connectivity index (χ3n) is 17.8. The summed E-state index contributed by atoms with van der Waals surface area (Å²) in [5.41, 5.74) is 4.97. The molecule has 0 bridgehead atoms. The molecule has 2 unspecified atom stereocenters. The first-order chi connectivity index (χ1) is 44.0. The van der Waals surface area contributed by atoms with Gasteiger partial charge < -0.3 is 84.5 Å². The van der Waals surface area contributed by atoms with Gasteiger partial charge >= 0.3 is 5.97 Å². The zero-order valence-electron chi connectivity index (χ0n) is 56.1. The number of esters is 1. The van der Waals surface area contributed by atoms with E-state index in [2.05, 4.69) is 63.8 Å². The third-order valence-corrected chi connectivity index (χ3v) is 17.8. The number of benzene rings is 1. The van der Waals surface area contributed by atoms with Crippen LogP contribution in [0.2, 0.25) is 0 Å². The van der Waals surface area contributed by atoms with Crippen molar-refractivity contribution < 1.29 is 77.3 Å². The van der Waals surface area contributed by atoms with E-state index in [1.807, 2.05) is 37.3 Å². The van der Waals surface area contributed by atoms with Crippen molar-refractivity contribution in [2.24, 2.45) is 35.3 Å². The van der Waals surface area contributed by atoms with Crippen LogP contribution < -0.4 is 69.5 Å². The van der Waals surface area contributed by atoms with Gasteiger partial charge in [0.2, 0.25) is 70.9 Å². The Bertz CT molecular complexity index is 2720. The standard InChI is InChI=1S/C64H105N13O16/c1-13-18-24-47(81)67-30-29-41-31-64(41)63(92)76-51(37(9)17-5)62(91)93-39(11)52(61(90)68-38(10)53(82)77-64)75-57(86)45(33-79)71-59(88)49(35(7)15-3)74-60(89)50(36(8)16-4)73-55(84)43(27-28-46(65)80)69-56(85)44(32-78)70-58(87)48(34(6)14-2)72-54(83)42(66-12)26-25-40-22-20-19-21-23-40/h19-23,34-39,41-45,48-52,66,78-79H,13-18,24-33H2,1-12H3,(H2,65,80)(H,67,81)(H,68,90)(H,69,85)(H,70,87)(H,71,88)(H,72,83)(H,73,84)(H,74,89)(H,75,86)(H,76,92)(H,77,82)/t34-,35-,36-,37-,38-,39-,41?,42+,43+,44-,45-,48-,49-,50+,51-,52+,64?/m0/s1. The molecule has 1 aromatic rings. The van der Waals surface area contributed by atoms with E-state index >= 15 is 0 Å². The molecule has 2 fully saturated rings. The SMILES string of the molecule is CCCCC(=O)NCCC1CC12NC(=O)[C@H](C)NC(=O)[C@H](NC(=O)[C@H](CO)NC(=O)[C@@H](NC(=O)[C@H](NC(=O)[C@@H](CCC(N)=O)NC(=O)[C@H](CO)NC(=O)[C@@H](NC(=O)[C@@H](CCc1ccccc1)NC)[C@@H](C)CC)[C@@H](C)CC)[C@@H](C)CC)[C@H](C)OC(=O)[C@H]([C@@H](C)CC)NC2=O. The lowest BCUT2D eigenvalue weighted by molar-refractivity contribution is -0.157. The summed E-state index contributed by atoms with van der Waals surface area (Å²) >= 11 is 0. The van der Waals surface area contributed by atoms with Crippen molar-refractivity contribution in [3.8, 4) is 0 Å². The van der Waals surface area contributed by atoms with Crippen LogP contribution >= 0.6 is 0 Å². The Morgan fingerprint density at radius 2 is 1.14 bits per heavy atom. The summed E-state index contributed by atoms with van der Waals surface area (Å²) in [4.78, 5) is 179. The summed E-state index contributed by atoms with van der Waals surface area (Å²) in [5.74, 6) is -13.7.